The minimum atomic E-state index is -0.180. The highest BCUT2D eigenvalue weighted by atomic mass is 35.5. The Morgan fingerprint density at radius 1 is 1.15 bits per heavy atom. The number of nitrogens with zero attached hydrogens (tertiary/aromatic N) is 1. The fraction of sp³-hybridized carbons (Fsp3) is 0.333. The Labute approximate surface area is 159 Å². The Morgan fingerprint density at radius 2 is 1.88 bits per heavy atom. The fourth-order valence-electron chi connectivity index (χ4n) is 3.22. The van der Waals surface area contributed by atoms with Crippen LogP contribution in [0.1, 0.15) is 34.3 Å². The molecule has 0 saturated carbocycles. The molecule has 0 radical (unpaired) electrons. The molecule has 1 saturated heterocycles. The van der Waals surface area contributed by atoms with E-state index in [0.29, 0.717) is 30.2 Å². The second kappa shape index (κ2) is 8.37. The van der Waals surface area contributed by atoms with Gasteiger partial charge in [-0.15, -0.1) is 0 Å². The number of benzene rings is 2. The van der Waals surface area contributed by atoms with Crippen molar-refractivity contribution in [1.29, 1.82) is 0 Å². The van der Waals surface area contributed by atoms with Crippen molar-refractivity contribution in [3.8, 4) is 0 Å². The summed E-state index contributed by atoms with van der Waals surface area (Å²) >= 11 is 6.14. The van der Waals surface area contributed by atoms with E-state index in [1.807, 2.05) is 31.2 Å². The zero-order valence-corrected chi connectivity index (χ0v) is 15.6. The number of hydrogen-bond donors (Lipinski definition) is 1. The van der Waals surface area contributed by atoms with Gasteiger partial charge in [0.05, 0.1) is 16.5 Å². The first kappa shape index (κ1) is 18.5. The summed E-state index contributed by atoms with van der Waals surface area (Å²) in [5, 5.41) is 3.44. The maximum absolute atomic E-state index is 12.7. The molecule has 1 fully saturated rings. The van der Waals surface area contributed by atoms with E-state index in [-0.39, 0.29) is 17.7 Å². The van der Waals surface area contributed by atoms with Crippen LogP contribution in [0, 0.1) is 12.8 Å². The first-order valence-corrected chi connectivity index (χ1v) is 9.29. The molecule has 3 rings (SSSR count). The van der Waals surface area contributed by atoms with Crippen molar-refractivity contribution in [1.82, 2.24) is 10.2 Å². The molecular formula is C21H23ClN2O2. The SMILES string of the molecule is Cc1ccc(CNC(=O)[C@H]2CCCN(C(=O)c3ccccc3Cl)C2)cc1. The number of likely N-dealkylation sites (tertiary alicyclic amines) is 1. The number of piperidine rings is 1. The van der Waals surface area contributed by atoms with Crippen molar-refractivity contribution < 1.29 is 9.59 Å². The minimum Gasteiger partial charge on any atom is -0.352 e. The van der Waals surface area contributed by atoms with Gasteiger partial charge in [0, 0.05) is 19.6 Å². The van der Waals surface area contributed by atoms with E-state index in [9.17, 15) is 9.59 Å². The highest BCUT2D eigenvalue weighted by Gasteiger charge is 2.29. The van der Waals surface area contributed by atoms with Crippen LogP contribution in [0.25, 0.3) is 0 Å². The second-order valence-corrected chi connectivity index (χ2v) is 7.18. The van der Waals surface area contributed by atoms with Crippen molar-refractivity contribution in [2.45, 2.75) is 26.3 Å². The van der Waals surface area contributed by atoms with Gasteiger partial charge in [-0.2, -0.15) is 0 Å². The van der Waals surface area contributed by atoms with Gasteiger partial charge < -0.3 is 10.2 Å². The van der Waals surface area contributed by atoms with E-state index < -0.39 is 0 Å². The molecule has 0 unspecified atom stereocenters. The minimum absolute atomic E-state index is 0.00207. The molecule has 0 spiro atoms. The summed E-state index contributed by atoms with van der Waals surface area (Å²) in [4.78, 5) is 27.0. The Kier molecular flexibility index (Phi) is 5.94. The third kappa shape index (κ3) is 4.44. The summed E-state index contributed by atoms with van der Waals surface area (Å²) in [6.45, 7) is 3.64. The Morgan fingerprint density at radius 3 is 2.62 bits per heavy atom. The van der Waals surface area contributed by atoms with Gasteiger partial charge in [-0.25, -0.2) is 0 Å². The van der Waals surface area contributed by atoms with Crippen LogP contribution < -0.4 is 5.32 Å². The van der Waals surface area contributed by atoms with Gasteiger partial charge in [0.2, 0.25) is 5.91 Å². The van der Waals surface area contributed by atoms with Gasteiger partial charge in [-0.05, 0) is 37.5 Å². The van der Waals surface area contributed by atoms with Crippen LogP contribution in [0.5, 0.6) is 0 Å². The summed E-state index contributed by atoms with van der Waals surface area (Å²) < 4.78 is 0. The topological polar surface area (TPSA) is 49.4 Å². The van der Waals surface area contributed by atoms with E-state index in [4.69, 9.17) is 11.6 Å². The van der Waals surface area contributed by atoms with Crippen molar-refractivity contribution in [3.05, 3.63) is 70.2 Å². The lowest BCUT2D eigenvalue weighted by molar-refractivity contribution is -0.126. The third-order valence-corrected chi connectivity index (χ3v) is 5.10. The molecule has 0 bridgehead atoms. The predicted molar refractivity (Wildman–Crippen MR) is 103 cm³/mol. The normalized spacial score (nSPS) is 17.0. The number of halogens is 1. The van der Waals surface area contributed by atoms with Crippen molar-refractivity contribution >= 4 is 23.4 Å². The highest BCUT2D eigenvalue weighted by Crippen LogP contribution is 2.22. The van der Waals surface area contributed by atoms with E-state index in [2.05, 4.69) is 5.32 Å². The van der Waals surface area contributed by atoms with Crippen LogP contribution in [-0.4, -0.2) is 29.8 Å². The molecule has 1 heterocycles. The predicted octanol–water partition coefficient (Wildman–Crippen LogP) is 3.82. The van der Waals surface area contributed by atoms with Gasteiger partial charge >= 0.3 is 0 Å². The van der Waals surface area contributed by atoms with Crippen LogP contribution in [0.3, 0.4) is 0 Å². The van der Waals surface area contributed by atoms with E-state index in [1.165, 1.54) is 5.56 Å². The maximum Gasteiger partial charge on any atom is 0.255 e. The van der Waals surface area contributed by atoms with Crippen LogP contribution in [0.2, 0.25) is 5.02 Å². The molecule has 5 heteroatoms. The number of nitrogens with one attached hydrogen (secondary N) is 1. The van der Waals surface area contributed by atoms with Crippen molar-refractivity contribution in [2.24, 2.45) is 5.92 Å². The number of hydrogen-bond acceptors (Lipinski definition) is 2. The zero-order valence-electron chi connectivity index (χ0n) is 14.9. The number of aryl methyl sites for hydroxylation is 1. The van der Waals surface area contributed by atoms with Crippen LogP contribution in [0.15, 0.2) is 48.5 Å². The molecule has 4 nitrogen and oxygen atoms in total. The maximum atomic E-state index is 12.7. The van der Waals surface area contributed by atoms with Gasteiger partial charge in [0.25, 0.3) is 5.91 Å². The number of amides is 2. The van der Waals surface area contributed by atoms with E-state index >= 15 is 0 Å². The van der Waals surface area contributed by atoms with Crippen LogP contribution in [-0.2, 0) is 11.3 Å². The molecule has 0 aliphatic carbocycles. The monoisotopic (exact) mass is 370 g/mol. The Balaban J connectivity index is 1.59. The largest absolute Gasteiger partial charge is 0.352 e. The Hall–Kier alpha value is -2.33. The smallest absolute Gasteiger partial charge is 0.255 e. The molecule has 0 aromatic heterocycles. The lowest BCUT2D eigenvalue weighted by Gasteiger charge is -2.32. The lowest BCUT2D eigenvalue weighted by atomic mass is 9.96. The number of rotatable bonds is 4. The van der Waals surface area contributed by atoms with Gasteiger partial charge in [-0.3, -0.25) is 9.59 Å². The standard InChI is InChI=1S/C21H23ClN2O2/c1-15-8-10-16(11-9-15)13-23-20(25)17-5-4-12-24(14-17)21(26)18-6-2-3-7-19(18)22/h2-3,6-11,17H,4-5,12-14H2,1H3,(H,23,25)/t17-/m0/s1. The number of carbonyl (C=O) groups is 2. The highest BCUT2D eigenvalue weighted by molar-refractivity contribution is 6.33. The second-order valence-electron chi connectivity index (χ2n) is 6.77. The van der Waals surface area contributed by atoms with Gasteiger partial charge in [0.15, 0.2) is 0 Å². The lowest BCUT2D eigenvalue weighted by Crippen LogP contribution is -2.45. The molecule has 1 aliphatic rings. The van der Waals surface area contributed by atoms with Crippen molar-refractivity contribution in [2.75, 3.05) is 13.1 Å². The summed E-state index contributed by atoms with van der Waals surface area (Å²) in [5.74, 6) is -0.283. The van der Waals surface area contributed by atoms with Crippen molar-refractivity contribution in [3.63, 3.8) is 0 Å². The summed E-state index contributed by atoms with van der Waals surface area (Å²) in [7, 11) is 0. The molecule has 1 aliphatic heterocycles. The molecule has 136 valence electrons. The molecule has 26 heavy (non-hydrogen) atoms. The molecule has 2 aromatic carbocycles. The fourth-order valence-corrected chi connectivity index (χ4v) is 3.44. The molecule has 2 amide bonds. The zero-order chi connectivity index (χ0) is 18.5. The quantitative estimate of drug-likeness (QED) is 0.889. The van der Waals surface area contributed by atoms with E-state index in [1.54, 1.807) is 29.2 Å². The first-order valence-electron chi connectivity index (χ1n) is 8.91. The van der Waals surface area contributed by atoms with Gasteiger partial charge in [-0.1, -0.05) is 53.6 Å². The average molecular weight is 371 g/mol. The van der Waals surface area contributed by atoms with E-state index in [0.717, 1.165) is 18.4 Å². The van der Waals surface area contributed by atoms with Crippen LogP contribution in [0.4, 0.5) is 0 Å². The summed E-state index contributed by atoms with van der Waals surface area (Å²) in [6.07, 6.45) is 1.62. The number of carbonyl (C=O) groups excluding carboxylic acids is 2. The van der Waals surface area contributed by atoms with Gasteiger partial charge in [0.1, 0.15) is 0 Å². The Bertz CT molecular complexity index is 789. The molecule has 1 N–H and O–H groups in total. The first-order chi connectivity index (χ1) is 12.5. The molecular weight excluding hydrogens is 348 g/mol. The summed E-state index contributed by atoms with van der Waals surface area (Å²) in [6, 6.07) is 15.1. The van der Waals surface area contributed by atoms with Crippen LogP contribution >= 0.6 is 11.6 Å². The molecule has 2 aromatic rings. The average Bonchev–Trinajstić information content (AvgIpc) is 2.67. The molecule has 1 atom stereocenters. The summed E-state index contributed by atoms with van der Waals surface area (Å²) in [5.41, 5.74) is 2.76. The third-order valence-electron chi connectivity index (χ3n) is 4.77.